The first kappa shape index (κ1) is 9.67. The van der Waals surface area contributed by atoms with E-state index in [1.165, 1.54) is 12.3 Å². The molecule has 2 N–H and O–H groups in total. The zero-order chi connectivity index (χ0) is 10.1. The van der Waals surface area contributed by atoms with Crippen molar-refractivity contribution < 1.29 is 15.0 Å². The second-order valence-corrected chi connectivity index (χ2v) is 3.29. The van der Waals surface area contributed by atoms with Crippen molar-refractivity contribution in [1.29, 1.82) is 0 Å². The molecular weight excluding hydrogens is 170 g/mol. The first-order valence-corrected chi connectivity index (χ1v) is 3.83. The number of hydrogen-bond acceptors (Lipinski definition) is 3. The summed E-state index contributed by atoms with van der Waals surface area (Å²) in [5.41, 5.74) is -0.549. The van der Waals surface area contributed by atoms with Gasteiger partial charge in [-0.25, -0.2) is 9.78 Å². The van der Waals surface area contributed by atoms with Gasteiger partial charge in [-0.1, -0.05) is 0 Å². The van der Waals surface area contributed by atoms with Gasteiger partial charge in [0.25, 0.3) is 0 Å². The Balaban J connectivity index is 3.13. The SMILES string of the molecule is CC(C)(O)c1ccnc(C(=O)O)c1. The first-order chi connectivity index (χ1) is 5.91. The fourth-order valence-electron chi connectivity index (χ4n) is 0.928. The molecule has 4 nitrogen and oxygen atoms in total. The minimum atomic E-state index is -1.09. The van der Waals surface area contributed by atoms with Crippen molar-refractivity contribution in [2.75, 3.05) is 0 Å². The summed E-state index contributed by atoms with van der Waals surface area (Å²) in [4.78, 5) is 14.2. The third-order valence-corrected chi connectivity index (χ3v) is 1.69. The average Bonchev–Trinajstić information content (AvgIpc) is 2.03. The molecule has 4 heteroatoms. The maximum atomic E-state index is 10.5. The minimum absolute atomic E-state index is 0.0559. The Hall–Kier alpha value is -1.42. The Kier molecular flexibility index (Phi) is 2.34. The molecule has 0 aliphatic rings. The topological polar surface area (TPSA) is 70.4 Å². The van der Waals surface area contributed by atoms with Crippen LogP contribution in [-0.4, -0.2) is 21.2 Å². The lowest BCUT2D eigenvalue weighted by atomic mass is 9.99. The lowest BCUT2D eigenvalue weighted by Crippen LogP contribution is -2.16. The highest BCUT2D eigenvalue weighted by molar-refractivity contribution is 5.85. The monoisotopic (exact) mass is 181 g/mol. The van der Waals surface area contributed by atoms with Crippen molar-refractivity contribution in [2.45, 2.75) is 19.4 Å². The summed E-state index contributed by atoms with van der Waals surface area (Å²) in [6.07, 6.45) is 1.37. The highest BCUT2D eigenvalue weighted by atomic mass is 16.4. The van der Waals surface area contributed by atoms with Crippen LogP contribution >= 0.6 is 0 Å². The predicted octanol–water partition coefficient (Wildman–Crippen LogP) is 1.01. The fourth-order valence-corrected chi connectivity index (χ4v) is 0.928. The molecule has 70 valence electrons. The number of hydrogen-bond donors (Lipinski definition) is 2. The maximum absolute atomic E-state index is 10.5. The molecule has 1 aromatic heterocycles. The van der Waals surface area contributed by atoms with Crippen molar-refractivity contribution in [3.05, 3.63) is 29.6 Å². The fraction of sp³-hybridized carbons (Fsp3) is 0.333. The molecular formula is C9H11NO3. The van der Waals surface area contributed by atoms with Gasteiger partial charge in [-0.3, -0.25) is 0 Å². The summed E-state index contributed by atoms with van der Waals surface area (Å²) in [5.74, 6) is -1.09. The number of aliphatic hydroxyl groups is 1. The van der Waals surface area contributed by atoms with Crippen LogP contribution < -0.4 is 0 Å². The van der Waals surface area contributed by atoms with E-state index in [1.807, 2.05) is 0 Å². The quantitative estimate of drug-likeness (QED) is 0.714. The molecule has 1 heterocycles. The Labute approximate surface area is 75.9 Å². The lowest BCUT2D eigenvalue weighted by Gasteiger charge is -2.17. The second kappa shape index (κ2) is 3.14. The third kappa shape index (κ3) is 2.26. The van der Waals surface area contributed by atoms with Gasteiger partial charge in [0.2, 0.25) is 0 Å². The van der Waals surface area contributed by atoms with Crippen LogP contribution in [0.4, 0.5) is 0 Å². The van der Waals surface area contributed by atoms with Crippen LogP contribution in [0.25, 0.3) is 0 Å². The first-order valence-electron chi connectivity index (χ1n) is 3.83. The van der Waals surface area contributed by atoms with Gasteiger partial charge < -0.3 is 10.2 Å². The molecule has 1 aromatic rings. The van der Waals surface area contributed by atoms with Crippen molar-refractivity contribution in [3.8, 4) is 0 Å². The molecule has 0 saturated heterocycles. The van der Waals surface area contributed by atoms with Gasteiger partial charge in [-0.2, -0.15) is 0 Å². The van der Waals surface area contributed by atoms with Gasteiger partial charge >= 0.3 is 5.97 Å². The van der Waals surface area contributed by atoms with E-state index in [1.54, 1.807) is 19.9 Å². The van der Waals surface area contributed by atoms with Crippen LogP contribution in [0.1, 0.15) is 29.9 Å². The van der Waals surface area contributed by atoms with Crippen LogP contribution in [0.15, 0.2) is 18.3 Å². The van der Waals surface area contributed by atoms with Crippen molar-refractivity contribution in [2.24, 2.45) is 0 Å². The van der Waals surface area contributed by atoms with Crippen LogP contribution in [0.2, 0.25) is 0 Å². The number of nitrogens with zero attached hydrogens (tertiary/aromatic N) is 1. The van der Waals surface area contributed by atoms with E-state index in [0.29, 0.717) is 5.56 Å². The molecule has 0 saturated carbocycles. The molecule has 0 atom stereocenters. The Morgan fingerprint density at radius 1 is 1.54 bits per heavy atom. The van der Waals surface area contributed by atoms with Gasteiger partial charge in [0.1, 0.15) is 5.69 Å². The molecule has 0 fully saturated rings. The largest absolute Gasteiger partial charge is 0.477 e. The summed E-state index contributed by atoms with van der Waals surface area (Å²) >= 11 is 0. The Morgan fingerprint density at radius 2 is 2.15 bits per heavy atom. The molecule has 0 aromatic carbocycles. The van der Waals surface area contributed by atoms with Crippen molar-refractivity contribution in [3.63, 3.8) is 0 Å². The molecule has 1 rings (SSSR count). The normalized spacial score (nSPS) is 11.3. The van der Waals surface area contributed by atoms with Crippen LogP contribution in [0.5, 0.6) is 0 Å². The molecule has 0 spiro atoms. The van der Waals surface area contributed by atoms with Gasteiger partial charge in [0.15, 0.2) is 0 Å². The highest BCUT2D eigenvalue weighted by Crippen LogP contribution is 2.19. The molecule has 0 unspecified atom stereocenters. The molecule has 13 heavy (non-hydrogen) atoms. The number of rotatable bonds is 2. The lowest BCUT2D eigenvalue weighted by molar-refractivity contribution is 0.0686. The van der Waals surface area contributed by atoms with E-state index in [9.17, 15) is 9.90 Å². The molecule has 0 aliphatic carbocycles. The van der Waals surface area contributed by atoms with Gasteiger partial charge in [0, 0.05) is 6.20 Å². The van der Waals surface area contributed by atoms with Crippen molar-refractivity contribution >= 4 is 5.97 Å². The summed E-state index contributed by atoms with van der Waals surface area (Å²) in [6.45, 7) is 3.18. The van der Waals surface area contributed by atoms with E-state index in [-0.39, 0.29) is 5.69 Å². The average molecular weight is 181 g/mol. The van der Waals surface area contributed by atoms with Crippen LogP contribution in [0, 0.1) is 0 Å². The number of aromatic carboxylic acids is 1. The van der Waals surface area contributed by atoms with E-state index in [0.717, 1.165) is 0 Å². The molecule has 0 aliphatic heterocycles. The van der Waals surface area contributed by atoms with Crippen LogP contribution in [-0.2, 0) is 5.60 Å². The van der Waals surface area contributed by atoms with E-state index < -0.39 is 11.6 Å². The second-order valence-electron chi connectivity index (χ2n) is 3.29. The number of carboxylic acids is 1. The van der Waals surface area contributed by atoms with Gasteiger partial charge in [0.05, 0.1) is 5.60 Å². The van der Waals surface area contributed by atoms with Crippen molar-refractivity contribution in [1.82, 2.24) is 4.98 Å². The predicted molar refractivity (Wildman–Crippen MR) is 46.4 cm³/mol. The van der Waals surface area contributed by atoms with Gasteiger partial charge in [-0.15, -0.1) is 0 Å². The highest BCUT2D eigenvalue weighted by Gasteiger charge is 2.17. The van der Waals surface area contributed by atoms with Crippen LogP contribution in [0.3, 0.4) is 0 Å². The molecule has 0 radical (unpaired) electrons. The zero-order valence-electron chi connectivity index (χ0n) is 7.48. The van der Waals surface area contributed by atoms with E-state index >= 15 is 0 Å². The maximum Gasteiger partial charge on any atom is 0.354 e. The smallest absolute Gasteiger partial charge is 0.354 e. The summed E-state index contributed by atoms with van der Waals surface area (Å²) < 4.78 is 0. The number of pyridine rings is 1. The van der Waals surface area contributed by atoms with Gasteiger partial charge in [-0.05, 0) is 31.5 Å². The number of carboxylic acid groups (broad SMARTS) is 1. The summed E-state index contributed by atoms with van der Waals surface area (Å²) in [6, 6.07) is 2.95. The number of carbonyl (C=O) groups is 1. The van der Waals surface area contributed by atoms with E-state index in [2.05, 4.69) is 4.98 Å². The standard InChI is InChI=1S/C9H11NO3/c1-9(2,13)6-3-4-10-7(5-6)8(11)12/h3-5,13H,1-2H3,(H,11,12). The third-order valence-electron chi connectivity index (χ3n) is 1.69. The Morgan fingerprint density at radius 3 is 2.62 bits per heavy atom. The molecule has 0 amide bonds. The number of aromatic nitrogens is 1. The minimum Gasteiger partial charge on any atom is -0.477 e. The summed E-state index contributed by atoms with van der Waals surface area (Å²) in [5, 5.41) is 18.2. The van der Waals surface area contributed by atoms with E-state index in [4.69, 9.17) is 5.11 Å². The zero-order valence-corrected chi connectivity index (χ0v) is 7.48. The molecule has 0 bridgehead atoms. The Bertz CT molecular complexity index is 328. The summed E-state index contributed by atoms with van der Waals surface area (Å²) in [7, 11) is 0.